The van der Waals surface area contributed by atoms with Crippen molar-refractivity contribution in [2.75, 3.05) is 24.6 Å². The van der Waals surface area contributed by atoms with E-state index in [2.05, 4.69) is 10.3 Å². The summed E-state index contributed by atoms with van der Waals surface area (Å²) in [4.78, 5) is 17.1. The molecule has 3 N–H and O–H groups in total. The smallest absolute Gasteiger partial charge is 0.399 e. The molecule has 2 aromatic carbocycles. The number of aliphatic imine (C=N–C) groups is 1. The molecule has 1 saturated heterocycles. The number of nitrogens with zero attached hydrogens (tertiary/aromatic N) is 2. The highest BCUT2D eigenvalue weighted by Gasteiger charge is 2.47. The Morgan fingerprint density at radius 2 is 1.72 bits per heavy atom. The van der Waals surface area contributed by atoms with Crippen molar-refractivity contribution in [3.05, 3.63) is 64.0 Å². The molecular formula is C24H26F4N4O3S. The highest BCUT2D eigenvalue weighted by Crippen LogP contribution is 2.35. The van der Waals surface area contributed by atoms with Crippen molar-refractivity contribution >= 4 is 27.5 Å². The van der Waals surface area contributed by atoms with Crippen LogP contribution in [0.4, 0.5) is 23.2 Å². The molecule has 1 spiro atoms. The van der Waals surface area contributed by atoms with Crippen LogP contribution in [0, 0.1) is 19.7 Å². The van der Waals surface area contributed by atoms with Crippen molar-refractivity contribution in [3.8, 4) is 0 Å². The van der Waals surface area contributed by atoms with Crippen molar-refractivity contribution in [2.24, 2.45) is 4.99 Å². The molecule has 0 atom stereocenters. The molecule has 2 aliphatic heterocycles. The molecule has 2 aromatic rings. The monoisotopic (exact) mass is 526 g/mol. The quantitative estimate of drug-likeness (QED) is 0.461. The second-order valence-electron chi connectivity index (χ2n) is 9.24. The van der Waals surface area contributed by atoms with Crippen molar-refractivity contribution in [3.63, 3.8) is 0 Å². The van der Waals surface area contributed by atoms with E-state index in [1.165, 1.54) is 4.31 Å². The maximum absolute atomic E-state index is 13.6. The second-order valence-corrected chi connectivity index (χ2v) is 11.3. The number of anilines is 1. The molecule has 2 heterocycles. The van der Waals surface area contributed by atoms with E-state index in [1.54, 1.807) is 12.1 Å². The number of aryl methyl sites for hydroxylation is 2. The molecule has 1 fully saturated rings. The van der Waals surface area contributed by atoms with Gasteiger partial charge in [-0.3, -0.25) is 9.79 Å². The molecule has 0 aromatic heterocycles. The van der Waals surface area contributed by atoms with Crippen LogP contribution < -0.4 is 11.1 Å². The topological polar surface area (TPSA) is 105 Å². The molecule has 36 heavy (non-hydrogen) atoms. The predicted octanol–water partition coefficient (Wildman–Crippen LogP) is 3.33. The first kappa shape index (κ1) is 26.1. The van der Waals surface area contributed by atoms with Gasteiger partial charge in [0, 0.05) is 24.3 Å². The lowest BCUT2D eigenvalue weighted by Gasteiger charge is -2.34. The van der Waals surface area contributed by atoms with Crippen LogP contribution in [0.3, 0.4) is 0 Å². The Kier molecular flexibility index (Phi) is 6.63. The van der Waals surface area contributed by atoms with Gasteiger partial charge in [-0.15, -0.1) is 0 Å². The minimum absolute atomic E-state index is 0.0451. The predicted molar refractivity (Wildman–Crippen MR) is 127 cm³/mol. The molecule has 0 aliphatic carbocycles. The Morgan fingerprint density at radius 3 is 2.31 bits per heavy atom. The summed E-state index contributed by atoms with van der Waals surface area (Å²) in [6.07, 6.45) is -4.43. The lowest BCUT2D eigenvalue weighted by molar-refractivity contribution is -0.140. The SMILES string of the molecule is Cc1cc(N)cc(C)c1CCS(=O)(=O)N1CCC2(CC1)N=C(c1ccc(F)c(C(F)(F)F)c1)NC2=O. The summed E-state index contributed by atoms with van der Waals surface area (Å²) in [5.74, 6) is -2.13. The van der Waals surface area contributed by atoms with Gasteiger partial charge in [-0.05, 0) is 80.1 Å². The van der Waals surface area contributed by atoms with E-state index in [0.29, 0.717) is 24.2 Å². The van der Waals surface area contributed by atoms with Gasteiger partial charge in [-0.2, -0.15) is 13.2 Å². The Balaban J connectivity index is 1.47. The first-order valence-electron chi connectivity index (χ1n) is 11.3. The largest absolute Gasteiger partial charge is 0.419 e. The highest BCUT2D eigenvalue weighted by atomic mass is 32.2. The fraction of sp³-hybridized carbons (Fsp3) is 0.417. The number of carbonyl (C=O) groups excluding carboxylic acids is 1. The molecule has 0 unspecified atom stereocenters. The molecule has 1 amide bonds. The number of alkyl halides is 3. The molecule has 12 heteroatoms. The van der Waals surface area contributed by atoms with Crippen LogP contribution in [0.5, 0.6) is 0 Å². The van der Waals surface area contributed by atoms with E-state index in [-0.39, 0.29) is 43.1 Å². The summed E-state index contributed by atoms with van der Waals surface area (Å²) in [7, 11) is -3.63. The van der Waals surface area contributed by atoms with Crippen molar-refractivity contribution in [1.82, 2.24) is 9.62 Å². The van der Waals surface area contributed by atoms with E-state index in [1.807, 2.05) is 13.8 Å². The molecule has 0 bridgehead atoms. The van der Waals surface area contributed by atoms with Gasteiger partial charge in [0.2, 0.25) is 10.0 Å². The summed E-state index contributed by atoms with van der Waals surface area (Å²) in [6.45, 7) is 3.85. The molecule has 194 valence electrons. The minimum atomic E-state index is -4.90. The summed E-state index contributed by atoms with van der Waals surface area (Å²) >= 11 is 0. The molecule has 4 rings (SSSR count). The number of amides is 1. The van der Waals surface area contributed by atoms with Gasteiger partial charge in [0.25, 0.3) is 5.91 Å². The standard InChI is InChI=1S/C24H26F4N4O3S/c1-14-11-17(29)12-15(2)18(14)5-10-36(34,35)32-8-6-23(7-9-32)22(33)30-21(31-23)16-3-4-20(25)19(13-16)24(26,27)28/h3-4,11-13H,5-10,29H2,1-2H3,(H,30,31,33). The molecule has 2 aliphatic rings. The van der Waals surface area contributed by atoms with E-state index >= 15 is 0 Å². The first-order valence-corrected chi connectivity index (χ1v) is 12.9. The van der Waals surface area contributed by atoms with Gasteiger partial charge in [0.05, 0.1) is 11.3 Å². The number of nitrogens with two attached hydrogens (primary N) is 1. The highest BCUT2D eigenvalue weighted by molar-refractivity contribution is 7.89. The van der Waals surface area contributed by atoms with Crippen LogP contribution >= 0.6 is 0 Å². The number of carbonyl (C=O) groups is 1. The van der Waals surface area contributed by atoms with Gasteiger partial charge >= 0.3 is 6.18 Å². The lowest BCUT2D eigenvalue weighted by Crippen LogP contribution is -2.50. The Hall–Kier alpha value is -2.99. The summed E-state index contributed by atoms with van der Waals surface area (Å²) in [5, 5.41) is 2.49. The normalized spacial score (nSPS) is 18.4. The van der Waals surface area contributed by atoms with Crippen molar-refractivity contribution < 1.29 is 30.8 Å². The van der Waals surface area contributed by atoms with Crippen molar-refractivity contribution in [2.45, 2.75) is 44.8 Å². The molecule has 7 nitrogen and oxygen atoms in total. The third kappa shape index (κ3) is 4.96. The summed E-state index contributed by atoms with van der Waals surface area (Å²) < 4.78 is 80.3. The number of hydrogen-bond donors (Lipinski definition) is 2. The fourth-order valence-corrected chi connectivity index (χ4v) is 6.26. The van der Waals surface area contributed by atoms with Crippen LogP contribution in [0.25, 0.3) is 0 Å². The number of nitrogens with one attached hydrogen (secondary N) is 1. The number of nitrogen functional groups attached to an aromatic ring is 1. The van der Waals surface area contributed by atoms with Crippen LogP contribution in [0.2, 0.25) is 0 Å². The van der Waals surface area contributed by atoms with Gasteiger partial charge in [0.1, 0.15) is 17.2 Å². The van der Waals surface area contributed by atoms with Gasteiger partial charge in [-0.25, -0.2) is 17.1 Å². The Bertz CT molecular complexity index is 1320. The molecular weight excluding hydrogens is 500 g/mol. The van der Waals surface area contributed by atoms with Crippen molar-refractivity contribution in [1.29, 1.82) is 0 Å². The Morgan fingerprint density at radius 1 is 1.11 bits per heavy atom. The average molecular weight is 527 g/mol. The Labute approximate surface area is 206 Å². The molecule has 0 saturated carbocycles. The second kappa shape index (κ2) is 9.15. The number of hydrogen-bond acceptors (Lipinski definition) is 5. The van der Waals surface area contributed by atoms with Crippen LogP contribution in [-0.4, -0.2) is 48.8 Å². The van der Waals surface area contributed by atoms with Crippen LogP contribution in [0.1, 0.15) is 40.7 Å². The summed E-state index contributed by atoms with van der Waals surface area (Å²) in [6, 6.07) is 5.99. The van der Waals surface area contributed by atoms with Crippen LogP contribution in [-0.2, 0) is 27.4 Å². The zero-order valence-corrected chi connectivity index (χ0v) is 20.6. The van der Waals surface area contributed by atoms with Crippen LogP contribution in [0.15, 0.2) is 35.3 Å². The fourth-order valence-electron chi connectivity index (χ4n) is 4.80. The third-order valence-corrected chi connectivity index (χ3v) is 8.67. The van der Waals surface area contributed by atoms with E-state index < -0.39 is 39.0 Å². The lowest BCUT2D eigenvalue weighted by atomic mass is 9.89. The first-order chi connectivity index (χ1) is 16.7. The number of halogens is 4. The zero-order chi connectivity index (χ0) is 26.5. The van der Waals surface area contributed by atoms with E-state index in [9.17, 15) is 30.8 Å². The van der Waals surface area contributed by atoms with Gasteiger partial charge < -0.3 is 11.1 Å². The van der Waals surface area contributed by atoms with Gasteiger partial charge in [-0.1, -0.05) is 0 Å². The number of sulfonamides is 1. The maximum atomic E-state index is 13.6. The number of benzene rings is 2. The summed E-state index contributed by atoms with van der Waals surface area (Å²) in [5.41, 5.74) is 6.40. The van der Waals surface area contributed by atoms with E-state index in [0.717, 1.165) is 22.8 Å². The third-order valence-electron chi connectivity index (χ3n) is 6.80. The van der Waals surface area contributed by atoms with Gasteiger partial charge in [0.15, 0.2) is 0 Å². The van der Waals surface area contributed by atoms with E-state index in [4.69, 9.17) is 5.73 Å². The zero-order valence-electron chi connectivity index (χ0n) is 19.7. The number of piperidine rings is 1. The average Bonchev–Trinajstić information content (AvgIpc) is 3.08. The number of rotatable bonds is 5. The number of amidine groups is 1. The maximum Gasteiger partial charge on any atom is 0.419 e. The minimum Gasteiger partial charge on any atom is -0.399 e. The molecule has 0 radical (unpaired) electrons.